The maximum absolute atomic E-state index is 12.8. The molecule has 0 bridgehead atoms. The van der Waals surface area contributed by atoms with E-state index in [0.717, 1.165) is 45.2 Å². The number of hydrogen-bond donors (Lipinski definition) is 0. The van der Waals surface area contributed by atoms with E-state index in [2.05, 4.69) is 12.1 Å². The molecule has 4 heteroatoms. The second-order valence-electron chi connectivity index (χ2n) is 5.92. The molecule has 0 spiro atoms. The van der Waals surface area contributed by atoms with Crippen LogP contribution in [0.1, 0.15) is 11.1 Å². The highest BCUT2D eigenvalue weighted by Crippen LogP contribution is 2.34. The maximum Gasteiger partial charge on any atom is 0.416 e. The molecular formula is C20H14F3N. The summed E-state index contributed by atoms with van der Waals surface area (Å²) < 4.78 is 40.5. The molecule has 0 amide bonds. The zero-order valence-electron chi connectivity index (χ0n) is 12.9. The van der Waals surface area contributed by atoms with E-state index in [1.165, 1.54) is 12.1 Å². The number of aromatic nitrogens is 1. The number of aryl methyl sites for hydroxylation is 1. The lowest BCUT2D eigenvalue weighted by Gasteiger charge is -2.11. The Bertz CT molecular complexity index is 1040. The first kappa shape index (κ1) is 14.8. The number of hydrogen-bond acceptors (Lipinski definition) is 0. The van der Waals surface area contributed by atoms with Crippen LogP contribution >= 0.6 is 0 Å². The molecule has 0 saturated carbocycles. The third-order valence-corrected chi connectivity index (χ3v) is 4.28. The van der Waals surface area contributed by atoms with Crippen LogP contribution in [0.5, 0.6) is 0 Å². The first-order valence-corrected chi connectivity index (χ1v) is 7.62. The number of para-hydroxylation sites is 1. The highest BCUT2D eigenvalue weighted by Gasteiger charge is 2.30. The van der Waals surface area contributed by atoms with E-state index in [1.54, 1.807) is 0 Å². The van der Waals surface area contributed by atoms with Crippen molar-refractivity contribution in [3.05, 3.63) is 77.9 Å². The van der Waals surface area contributed by atoms with Gasteiger partial charge in [-0.15, -0.1) is 0 Å². The van der Waals surface area contributed by atoms with Gasteiger partial charge in [-0.3, -0.25) is 0 Å². The van der Waals surface area contributed by atoms with Crippen molar-refractivity contribution >= 4 is 21.8 Å². The first-order chi connectivity index (χ1) is 11.4. The average Bonchev–Trinajstić information content (AvgIpc) is 2.87. The second kappa shape index (κ2) is 5.13. The lowest BCUT2D eigenvalue weighted by atomic mass is 10.1. The van der Waals surface area contributed by atoms with Gasteiger partial charge in [0, 0.05) is 16.5 Å². The molecule has 4 aromatic rings. The van der Waals surface area contributed by atoms with Crippen molar-refractivity contribution in [2.45, 2.75) is 13.1 Å². The van der Waals surface area contributed by atoms with Gasteiger partial charge in [-0.1, -0.05) is 30.3 Å². The molecule has 120 valence electrons. The summed E-state index contributed by atoms with van der Waals surface area (Å²) in [5, 5.41) is 2.18. The molecule has 0 atom stereocenters. The summed E-state index contributed by atoms with van der Waals surface area (Å²) in [6.45, 7) is 2.01. The van der Waals surface area contributed by atoms with Gasteiger partial charge in [0.05, 0.1) is 16.6 Å². The van der Waals surface area contributed by atoms with Gasteiger partial charge in [-0.2, -0.15) is 13.2 Å². The Kier molecular flexibility index (Phi) is 3.17. The third kappa shape index (κ3) is 2.26. The van der Waals surface area contributed by atoms with Gasteiger partial charge >= 0.3 is 6.18 Å². The normalized spacial score (nSPS) is 12.2. The molecule has 0 N–H and O–H groups in total. The van der Waals surface area contributed by atoms with Crippen LogP contribution in [-0.4, -0.2) is 4.57 Å². The summed E-state index contributed by atoms with van der Waals surface area (Å²) >= 11 is 0. The molecule has 0 radical (unpaired) electrons. The van der Waals surface area contributed by atoms with E-state index >= 15 is 0 Å². The smallest absolute Gasteiger partial charge is 0.309 e. The fourth-order valence-electron chi connectivity index (χ4n) is 3.16. The third-order valence-electron chi connectivity index (χ3n) is 4.28. The minimum atomic E-state index is -4.32. The molecule has 0 aliphatic rings. The molecule has 1 nitrogen and oxygen atoms in total. The van der Waals surface area contributed by atoms with Gasteiger partial charge in [0.2, 0.25) is 0 Å². The van der Waals surface area contributed by atoms with Crippen molar-refractivity contribution in [3.63, 3.8) is 0 Å². The molecule has 24 heavy (non-hydrogen) atoms. The second-order valence-corrected chi connectivity index (χ2v) is 5.92. The Morgan fingerprint density at radius 1 is 0.750 bits per heavy atom. The summed E-state index contributed by atoms with van der Waals surface area (Å²) in [5.74, 6) is 0. The molecular weight excluding hydrogens is 311 g/mol. The zero-order chi connectivity index (χ0) is 16.9. The van der Waals surface area contributed by atoms with Crippen LogP contribution in [0.2, 0.25) is 0 Å². The molecule has 0 aliphatic carbocycles. The quantitative estimate of drug-likeness (QED) is 0.398. The van der Waals surface area contributed by atoms with Gasteiger partial charge in [-0.05, 0) is 48.9 Å². The topological polar surface area (TPSA) is 4.93 Å². The summed E-state index contributed by atoms with van der Waals surface area (Å²) in [7, 11) is 0. The first-order valence-electron chi connectivity index (χ1n) is 7.62. The highest BCUT2D eigenvalue weighted by atomic mass is 19.4. The van der Waals surface area contributed by atoms with Crippen LogP contribution in [0.3, 0.4) is 0 Å². The predicted octanol–water partition coefficient (Wildman–Crippen LogP) is 6.11. The molecule has 0 aliphatic heterocycles. The number of benzene rings is 3. The molecule has 1 heterocycles. The lowest BCUT2D eigenvalue weighted by Crippen LogP contribution is -2.05. The Balaban J connectivity index is 2.02. The molecule has 3 aromatic carbocycles. The summed E-state index contributed by atoms with van der Waals surface area (Å²) in [5.41, 5.74) is 3.18. The molecule has 4 rings (SSSR count). The number of halogens is 3. The van der Waals surface area contributed by atoms with Gasteiger partial charge < -0.3 is 4.57 Å². The molecule has 0 unspecified atom stereocenters. The summed E-state index contributed by atoms with van der Waals surface area (Å²) in [6.07, 6.45) is -4.32. The van der Waals surface area contributed by atoms with Crippen LogP contribution in [0.15, 0.2) is 66.7 Å². The molecule has 1 aromatic heterocycles. The van der Waals surface area contributed by atoms with E-state index < -0.39 is 11.7 Å². The monoisotopic (exact) mass is 325 g/mol. The van der Waals surface area contributed by atoms with Crippen molar-refractivity contribution in [1.29, 1.82) is 0 Å². The SMILES string of the molecule is Cc1ccc2c3ccccc3n(-c3ccc(C(F)(F)F)cc3)c2c1. The Hall–Kier alpha value is -2.75. The van der Waals surface area contributed by atoms with Crippen LogP contribution in [0.4, 0.5) is 13.2 Å². The Morgan fingerprint density at radius 2 is 1.42 bits per heavy atom. The van der Waals surface area contributed by atoms with Gasteiger partial charge in [-0.25, -0.2) is 0 Å². The van der Waals surface area contributed by atoms with E-state index in [-0.39, 0.29) is 0 Å². The fraction of sp³-hybridized carbons (Fsp3) is 0.100. The van der Waals surface area contributed by atoms with E-state index in [4.69, 9.17) is 0 Å². The standard InChI is InChI=1S/C20H14F3N/c1-13-6-11-17-16-4-2-3-5-18(16)24(19(17)12-13)15-9-7-14(8-10-15)20(21,22)23/h2-12H,1H3. The van der Waals surface area contributed by atoms with E-state index in [1.807, 2.05) is 41.8 Å². The molecule has 0 fully saturated rings. The van der Waals surface area contributed by atoms with Crippen LogP contribution in [0, 0.1) is 6.92 Å². The van der Waals surface area contributed by atoms with Crippen molar-refractivity contribution < 1.29 is 13.2 Å². The van der Waals surface area contributed by atoms with Crippen molar-refractivity contribution in [3.8, 4) is 5.69 Å². The van der Waals surface area contributed by atoms with Crippen molar-refractivity contribution in [2.75, 3.05) is 0 Å². The summed E-state index contributed by atoms with van der Waals surface area (Å²) in [6, 6.07) is 19.4. The maximum atomic E-state index is 12.8. The van der Waals surface area contributed by atoms with E-state index in [0.29, 0.717) is 0 Å². The van der Waals surface area contributed by atoms with Crippen LogP contribution in [0.25, 0.3) is 27.5 Å². The lowest BCUT2D eigenvalue weighted by molar-refractivity contribution is -0.137. The fourth-order valence-corrected chi connectivity index (χ4v) is 3.16. The van der Waals surface area contributed by atoms with Crippen molar-refractivity contribution in [1.82, 2.24) is 4.57 Å². The minimum absolute atomic E-state index is 0.636. The number of rotatable bonds is 1. The largest absolute Gasteiger partial charge is 0.416 e. The summed E-state index contributed by atoms with van der Waals surface area (Å²) in [4.78, 5) is 0. The molecule has 0 saturated heterocycles. The van der Waals surface area contributed by atoms with E-state index in [9.17, 15) is 13.2 Å². The Morgan fingerprint density at radius 3 is 2.12 bits per heavy atom. The van der Waals surface area contributed by atoms with Crippen LogP contribution in [-0.2, 0) is 6.18 Å². The Labute approximate surface area is 136 Å². The average molecular weight is 325 g/mol. The van der Waals surface area contributed by atoms with Crippen LogP contribution < -0.4 is 0 Å². The number of fused-ring (bicyclic) bond motifs is 3. The van der Waals surface area contributed by atoms with Crippen molar-refractivity contribution in [2.24, 2.45) is 0 Å². The van der Waals surface area contributed by atoms with Gasteiger partial charge in [0.25, 0.3) is 0 Å². The van der Waals surface area contributed by atoms with Gasteiger partial charge in [0.1, 0.15) is 0 Å². The number of alkyl halides is 3. The minimum Gasteiger partial charge on any atom is -0.309 e. The predicted molar refractivity (Wildman–Crippen MR) is 90.5 cm³/mol. The number of nitrogens with zero attached hydrogens (tertiary/aromatic N) is 1. The highest BCUT2D eigenvalue weighted by molar-refractivity contribution is 6.09. The van der Waals surface area contributed by atoms with Gasteiger partial charge in [0.15, 0.2) is 0 Å². The zero-order valence-corrected chi connectivity index (χ0v) is 12.9.